The summed E-state index contributed by atoms with van der Waals surface area (Å²) >= 11 is 0. The number of carbonyl (C=O) groups is 1. The molecule has 5 nitrogen and oxygen atoms in total. The lowest BCUT2D eigenvalue weighted by atomic mass is 9.95. The van der Waals surface area contributed by atoms with Crippen LogP contribution in [0.2, 0.25) is 0 Å². The van der Waals surface area contributed by atoms with E-state index in [0.717, 1.165) is 46.8 Å². The average Bonchev–Trinajstić information content (AvgIpc) is 3.50. The van der Waals surface area contributed by atoms with Crippen LogP contribution in [0.4, 0.5) is 13.2 Å². The number of furan rings is 1. The summed E-state index contributed by atoms with van der Waals surface area (Å²) in [5, 5.41) is 1.00. The summed E-state index contributed by atoms with van der Waals surface area (Å²) in [5.41, 5.74) is 1.99. The zero-order valence-electron chi connectivity index (χ0n) is 20.1. The van der Waals surface area contributed by atoms with Crippen LogP contribution in [0.3, 0.4) is 0 Å². The smallest absolute Gasteiger partial charge is 0.417 e. The Bertz CT molecular complexity index is 1400. The number of amides is 1. The lowest BCUT2D eigenvalue weighted by molar-refractivity contribution is -0.137. The molecule has 1 atom stereocenters. The number of nitrogens with zero attached hydrogens (tertiary/aromatic N) is 1. The van der Waals surface area contributed by atoms with E-state index in [1.807, 2.05) is 25.1 Å². The molecule has 1 aliphatic heterocycles. The molecule has 4 aromatic rings. The van der Waals surface area contributed by atoms with Gasteiger partial charge in [0, 0.05) is 29.4 Å². The number of rotatable bonds is 6. The van der Waals surface area contributed by atoms with Crippen LogP contribution in [0.5, 0.6) is 5.75 Å². The second kappa shape index (κ2) is 9.41. The number of ether oxygens (including phenoxy) is 1. The Morgan fingerprint density at radius 2 is 1.97 bits per heavy atom. The summed E-state index contributed by atoms with van der Waals surface area (Å²) in [7, 11) is 1.61. The van der Waals surface area contributed by atoms with E-state index in [0.29, 0.717) is 25.1 Å². The van der Waals surface area contributed by atoms with E-state index in [1.54, 1.807) is 30.2 Å². The molecule has 0 saturated carbocycles. The highest BCUT2D eigenvalue weighted by Crippen LogP contribution is 2.43. The molecule has 0 aliphatic carbocycles. The van der Waals surface area contributed by atoms with E-state index >= 15 is 0 Å². The highest BCUT2D eigenvalue weighted by atomic mass is 19.4. The number of benzene rings is 2. The number of halogens is 3. The first-order valence-electron chi connectivity index (χ1n) is 12.1. The van der Waals surface area contributed by atoms with Crippen molar-refractivity contribution in [3.8, 4) is 17.1 Å². The number of fused-ring (bicyclic) bond motifs is 3. The maximum Gasteiger partial charge on any atom is 0.417 e. The van der Waals surface area contributed by atoms with E-state index in [2.05, 4.69) is 4.98 Å². The predicted octanol–water partition coefficient (Wildman–Crippen LogP) is 7.12. The second-order valence-electron chi connectivity index (χ2n) is 9.02. The largest absolute Gasteiger partial charge is 0.497 e. The minimum Gasteiger partial charge on any atom is -0.497 e. The third-order valence-corrected chi connectivity index (χ3v) is 6.79. The Morgan fingerprint density at radius 3 is 2.72 bits per heavy atom. The van der Waals surface area contributed by atoms with Gasteiger partial charge in [-0.1, -0.05) is 31.5 Å². The second-order valence-corrected chi connectivity index (χ2v) is 9.02. The number of aromatic nitrogens is 1. The first-order chi connectivity index (χ1) is 17.3. The number of aromatic amines is 1. The zero-order valence-corrected chi connectivity index (χ0v) is 20.1. The Kier molecular flexibility index (Phi) is 6.28. The van der Waals surface area contributed by atoms with Gasteiger partial charge in [-0.05, 0) is 54.8 Å². The summed E-state index contributed by atoms with van der Waals surface area (Å²) in [6.07, 6.45) is -1.80. The average molecular weight is 497 g/mol. The van der Waals surface area contributed by atoms with E-state index in [4.69, 9.17) is 9.15 Å². The fourth-order valence-electron chi connectivity index (χ4n) is 5.02. The molecule has 3 heterocycles. The molecular formula is C28H27F3N2O3. The number of methoxy groups -OCH3 is 1. The number of nitrogens with one attached hydrogen (secondary N) is 1. The van der Waals surface area contributed by atoms with Crippen LogP contribution in [-0.4, -0.2) is 29.4 Å². The summed E-state index contributed by atoms with van der Waals surface area (Å²) in [4.78, 5) is 18.5. The van der Waals surface area contributed by atoms with Gasteiger partial charge < -0.3 is 19.0 Å². The van der Waals surface area contributed by atoms with Gasteiger partial charge in [-0.25, -0.2) is 0 Å². The summed E-state index contributed by atoms with van der Waals surface area (Å²) in [5.74, 6) is 1.26. The Balaban J connectivity index is 1.62. The maximum atomic E-state index is 13.6. The number of H-pyrrole nitrogens is 1. The highest BCUT2D eigenvalue weighted by molar-refractivity contribution is 5.88. The molecule has 1 amide bonds. The van der Waals surface area contributed by atoms with Crippen LogP contribution in [0.1, 0.15) is 54.8 Å². The number of hydrogen-bond acceptors (Lipinski definition) is 3. The minimum absolute atomic E-state index is 0.00243. The van der Waals surface area contributed by atoms with Gasteiger partial charge in [-0.2, -0.15) is 13.2 Å². The standard InChI is InChI=1S/C28H27F3N2O3/c1-3-4-9-25(34)33-15-14-18-20-16-17(35-2)10-11-22(20)32-26(18)27(33)24-13-12-23(36-24)19-7-5-6-8-21(19)28(29,30)31/h5-8,10-13,16,27,32H,3-4,9,14-15H2,1-2H3. The third-order valence-electron chi connectivity index (χ3n) is 6.79. The number of alkyl halides is 3. The predicted molar refractivity (Wildman–Crippen MR) is 131 cm³/mol. The molecule has 0 fully saturated rings. The maximum absolute atomic E-state index is 13.6. The molecule has 1 aliphatic rings. The van der Waals surface area contributed by atoms with Crippen molar-refractivity contribution in [2.45, 2.75) is 44.8 Å². The first kappa shape index (κ1) is 24.0. The van der Waals surface area contributed by atoms with Crippen LogP contribution in [0, 0.1) is 0 Å². The van der Waals surface area contributed by atoms with Gasteiger partial charge in [0.15, 0.2) is 0 Å². The molecule has 36 heavy (non-hydrogen) atoms. The van der Waals surface area contributed by atoms with Gasteiger partial charge in [0.25, 0.3) is 0 Å². The Morgan fingerprint density at radius 1 is 1.17 bits per heavy atom. The van der Waals surface area contributed by atoms with Crippen LogP contribution in [0.15, 0.2) is 59.0 Å². The Labute approximate surface area is 206 Å². The van der Waals surface area contributed by atoms with E-state index in [1.165, 1.54) is 12.1 Å². The molecule has 1 N–H and O–H groups in total. The Hall–Kier alpha value is -3.68. The van der Waals surface area contributed by atoms with Crippen molar-refractivity contribution >= 4 is 16.8 Å². The molecule has 0 radical (unpaired) electrons. The minimum atomic E-state index is -4.51. The van der Waals surface area contributed by atoms with Crippen molar-refractivity contribution in [3.63, 3.8) is 0 Å². The van der Waals surface area contributed by atoms with Crippen molar-refractivity contribution in [2.75, 3.05) is 13.7 Å². The molecular weight excluding hydrogens is 469 g/mol. The van der Waals surface area contributed by atoms with Gasteiger partial charge in [0.2, 0.25) is 5.91 Å². The van der Waals surface area contributed by atoms with Crippen LogP contribution >= 0.6 is 0 Å². The van der Waals surface area contributed by atoms with Gasteiger partial charge in [0.1, 0.15) is 23.3 Å². The van der Waals surface area contributed by atoms with Gasteiger partial charge >= 0.3 is 6.18 Å². The lowest BCUT2D eigenvalue weighted by Gasteiger charge is -2.35. The van der Waals surface area contributed by atoms with Crippen molar-refractivity contribution in [2.24, 2.45) is 0 Å². The molecule has 0 bridgehead atoms. The molecule has 1 unspecified atom stereocenters. The van der Waals surface area contributed by atoms with Gasteiger partial charge in [0.05, 0.1) is 18.4 Å². The fourth-order valence-corrected chi connectivity index (χ4v) is 5.02. The van der Waals surface area contributed by atoms with Crippen LogP contribution in [0.25, 0.3) is 22.2 Å². The SMILES string of the molecule is CCCCC(=O)N1CCc2c([nH]c3ccc(OC)cc23)C1c1ccc(-c2ccccc2C(F)(F)F)o1. The van der Waals surface area contributed by atoms with E-state index in [-0.39, 0.29) is 17.2 Å². The normalized spacial score (nSPS) is 15.8. The van der Waals surface area contributed by atoms with Crippen LogP contribution in [-0.2, 0) is 17.4 Å². The van der Waals surface area contributed by atoms with Crippen molar-refractivity contribution < 1.29 is 27.1 Å². The van der Waals surface area contributed by atoms with Gasteiger partial charge in [-0.3, -0.25) is 4.79 Å². The fraction of sp³-hybridized carbons (Fsp3) is 0.321. The highest BCUT2D eigenvalue weighted by Gasteiger charge is 2.38. The number of hydrogen-bond donors (Lipinski definition) is 1. The van der Waals surface area contributed by atoms with Crippen LogP contribution < -0.4 is 4.74 Å². The molecule has 2 aromatic heterocycles. The van der Waals surface area contributed by atoms with E-state index < -0.39 is 17.8 Å². The quantitative estimate of drug-likeness (QED) is 0.309. The molecule has 0 saturated heterocycles. The molecule has 188 valence electrons. The van der Waals surface area contributed by atoms with Gasteiger partial charge in [-0.15, -0.1) is 0 Å². The topological polar surface area (TPSA) is 58.5 Å². The summed E-state index contributed by atoms with van der Waals surface area (Å²) < 4.78 is 52.4. The molecule has 8 heteroatoms. The third kappa shape index (κ3) is 4.25. The number of unbranched alkanes of at least 4 members (excludes halogenated alkanes) is 1. The van der Waals surface area contributed by atoms with Crippen molar-refractivity contribution in [1.29, 1.82) is 0 Å². The first-order valence-corrected chi connectivity index (χ1v) is 12.1. The monoisotopic (exact) mass is 496 g/mol. The lowest BCUT2D eigenvalue weighted by Crippen LogP contribution is -2.40. The van der Waals surface area contributed by atoms with Crippen molar-refractivity contribution in [3.05, 3.63) is 77.2 Å². The summed E-state index contributed by atoms with van der Waals surface area (Å²) in [6.45, 7) is 2.51. The molecule has 2 aromatic carbocycles. The zero-order chi connectivity index (χ0) is 25.4. The molecule has 5 rings (SSSR count). The summed E-state index contributed by atoms with van der Waals surface area (Å²) in [6, 6.07) is 13.8. The van der Waals surface area contributed by atoms with Crippen molar-refractivity contribution in [1.82, 2.24) is 9.88 Å². The number of carbonyl (C=O) groups excluding carboxylic acids is 1. The molecule has 0 spiro atoms. The van der Waals surface area contributed by atoms with E-state index in [9.17, 15) is 18.0 Å².